The predicted octanol–water partition coefficient (Wildman–Crippen LogP) is 4.87. The van der Waals surface area contributed by atoms with Gasteiger partial charge in [-0.2, -0.15) is 0 Å². The first-order valence-electron chi connectivity index (χ1n) is 9.66. The maximum atomic E-state index is 13.4. The summed E-state index contributed by atoms with van der Waals surface area (Å²) in [6.07, 6.45) is 1.59. The Morgan fingerprint density at radius 2 is 1.96 bits per heavy atom. The number of benzene rings is 2. The number of thiophene rings is 1. The number of amides is 1. The number of nitrogens with zero attached hydrogens (tertiary/aromatic N) is 1. The zero-order chi connectivity index (χ0) is 19.3. The summed E-state index contributed by atoms with van der Waals surface area (Å²) in [5, 5.41) is 4.33. The second kappa shape index (κ2) is 6.74. The molecule has 3 nitrogen and oxygen atoms in total. The lowest BCUT2D eigenvalue weighted by molar-refractivity contribution is 0.0917. The molecule has 0 fully saturated rings. The molecule has 5 rings (SSSR count). The Morgan fingerprint density at radius 1 is 1.18 bits per heavy atom. The number of rotatable bonds is 3. The summed E-state index contributed by atoms with van der Waals surface area (Å²) in [5.74, 6) is -0.105. The van der Waals surface area contributed by atoms with E-state index >= 15 is 0 Å². The minimum atomic E-state index is -0.226. The summed E-state index contributed by atoms with van der Waals surface area (Å²) >= 11 is 1.73. The van der Waals surface area contributed by atoms with E-state index in [1.54, 1.807) is 11.3 Å². The molecular formula is C23H21FN2OS. The van der Waals surface area contributed by atoms with Crippen molar-refractivity contribution in [2.45, 2.75) is 38.4 Å². The topological polar surface area (TPSA) is 32.3 Å². The SMILES string of the molecule is CCc1cc2c(s1)N1Cc3ccccc3C(Cc3ccc(F)cc3)C1NC2=O. The van der Waals surface area contributed by atoms with Gasteiger partial charge >= 0.3 is 0 Å². The van der Waals surface area contributed by atoms with Crippen molar-refractivity contribution < 1.29 is 9.18 Å². The Labute approximate surface area is 167 Å². The highest BCUT2D eigenvalue weighted by atomic mass is 32.1. The van der Waals surface area contributed by atoms with Gasteiger partial charge in [-0.1, -0.05) is 43.3 Å². The third-order valence-corrected chi connectivity index (χ3v) is 7.09. The maximum absolute atomic E-state index is 13.4. The zero-order valence-electron chi connectivity index (χ0n) is 15.6. The van der Waals surface area contributed by atoms with Crippen LogP contribution in [0.5, 0.6) is 0 Å². The van der Waals surface area contributed by atoms with Crippen molar-refractivity contribution in [2.24, 2.45) is 0 Å². The van der Waals surface area contributed by atoms with E-state index in [9.17, 15) is 9.18 Å². The van der Waals surface area contributed by atoms with Crippen LogP contribution in [0.15, 0.2) is 54.6 Å². The minimum absolute atomic E-state index is 0.00990. The van der Waals surface area contributed by atoms with Crippen LogP contribution < -0.4 is 10.2 Å². The van der Waals surface area contributed by atoms with E-state index in [0.29, 0.717) is 0 Å². The van der Waals surface area contributed by atoms with Crippen molar-refractivity contribution in [2.75, 3.05) is 4.90 Å². The summed E-state index contributed by atoms with van der Waals surface area (Å²) < 4.78 is 13.4. The highest BCUT2D eigenvalue weighted by Gasteiger charge is 2.41. The van der Waals surface area contributed by atoms with Gasteiger partial charge in [-0.25, -0.2) is 4.39 Å². The van der Waals surface area contributed by atoms with E-state index in [1.165, 1.54) is 28.1 Å². The van der Waals surface area contributed by atoms with Crippen molar-refractivity contribution >= 4 is 22.2 Å². The summed E-state index contributed by atoms with van der Waals surface area (Å²) in [5.41, 5.74) is 4.42. The average molecular weight is 392 g/mol. The Kier molecular flexibility index (Phi) is 4.20. The van der Waals surface area contributed by atoms with Crippen LogP contribution in [0, 0.1) is 5.82 Å². The number of hydrogen-bond acceptors (Lipinski definition) is 3. The third kappa shape index (κ3) is 2.81. The molecule has 0 spiro atoms. The fourth-order valence-electron chi connectivity index (χ4n) is 4.38. The molecule has 28 heavy (non-hydrogen) atoms. The standard InChI is InChI=1S/C23H21FN2OS/c1-2-17-12-20-22(27)25-21-19(11-14-7-9-16(24)10-8-14)18-6-4-3-5-15(18)13-26(21)23(20)28-17/h3-10,12,19,21H,2,11,13H2,1H3,(H,25,27). The van der Waals surface area contributed by atoms with Gasteiger partial charge in [0, 0.05) is 17.3 Å². The highest BCUT2D eigenvalue weighted by molar-refractivity contribution is 7.16. The molecule has 3 heterocycles. The molecule has 0 saturated heterocycles. The Balaban J connectivity index is 1.59. The maximum Gasteiger partial charge on any atom is 0.255 e. The van der Waals surface area contributed by atoms with Gasteiger partial charge in [-0.05, 0) is 47.7 Å². The fraction of sp³-hybridized carbons (Fsp3) is 0.261. The lowest BCUT2D eigenvalue weighted by atomic mass is 9.82. The lowest BCUT2D eigenvalue weighted by Crippen LogP contribution is -2.57. The molecular weight excluding hydrogens is 371 g/mol. The van der Waals surface area contributed by atoms with Crippen LogP contribution in [0.25, 0.3) is 0 Å². The lowest BCUT2D eigenvalue weighted by Gasteiger charge is -2.46. The van der Waals surface area contributed by atoms with Gasteiger partial charge in [0.1, 0.15) is 17.0 Å². The number of carbonyl (C=O) groups is 1. The molecule has 3 aromatic rings. The van der Waals surface area contributed by atoms with Crippen molar-refractivity contribution in [3.8, 4) is 0 Å². The average Bonchev–Trinajstić information content (AvgIpc) is 3.16. The third-order valence-electron chi connectivity index (χ3n) is 5.78. The molecule has 2 atom stereocenters. The monoisotopic (exact) mass is 392 g/mol. The van der Waals surface area contributed by atoms with Crippen molar-refractivity contribution in [1.29, 1.82) is 0 Å². The summed E-state index contributed by atoms with van der Waals surface area (Å²) in [6, 6.07) is 17.2. The van der Waals surface area contributed by atoms with Gasteiger partial charge in [0.2, 0.25) is 0 Å². The number of carbonyl (C=O) groups excluding carboxylic acids is 1. The Morgan fingerprint density at radius 3 is 2.75 bits per heavy atom. The van der Waals surface area contributed by atoms with Gasteiger partial charge in [0.25, 0.3) is 5.91 Å². The van der Waals surface area contributed by atoms with Gasteiger partial charge in [-0.15, -0.1) is 11.3 Å². The van der Waals surface area contributed by atoms with Crippen LogP contribution in [0.4, 0.5) is 9.39 Å². The molecule has 2 aliphatic heterocycles. The summed E-state index contributed by atoms with van der Waals surface area (Å²) in [4.78, 5) is 16.4. The first kappa shape index (κ1) is 17.4. The van der Waals surface area contributed by atoms with E-state index in [-0.39, 0.29) is 23.8 Å². The van der Waals surface area contributed by atoms with Gasteiger partial charge in [0.15, 0.2) is 0 Å². The number of fused-ring (bicyclic) bond motifs is 4. The van der Waals surface area contributed by atoms with E-state index in [2.05, 4.69) is 41.4 Å². The van der Waals surface area contributed by atoms with E-state index < -0.39 is 0 Å². The summed E-state index contributed by atoms with van der Waals surface area (Å²) in [6.45, 7) is 2.91. The van der Waals surface area contributed by atoms with E-state index in [1.807, 2.05) is 18.2 Å². The van der Waals surface area contributed by atoms with Crippen LogP contribution >= 0.6 is 11.3 Å². The number of aryl methyl sites for hydroxylation is 1. The smallest absolute Gasteiger partial charge is 0.255 e. The molecule has 5 heteroatoms. The largest absolute Gasteiger partial charge is 0.338 e. The molecule has 1 amide bonds. The van der Waals surface area contributed by atoms with E-state index in [4.69, 9.17) is 0 Å². The highest BCUT2D eigenvalue weighted by Crippen LogP contribution is 2.44. The first-order valence-corrected chi connectivity index (χ1v) is 10.5. The second-order valence-electron chi connectivity index (χ2n) is 7.47. The molecule has 2 aliphatic rings. The van der Waals surface area contributed by atoms with Crippen molar-refractivity contribution in [3.05, 3.63) is 87.5 Å². The predicted molar refractivity (Wildman–Crippen MR) is 110 cm³/mol. The van der Waals surface area contributed by atoms with Gasteiger partial charge in [-0.3, -0.25) is 4.79 Å². The fourth-order valence-corrected chi connectivity index (χ4v) is 5.50. The molecule has 1 aromatic heterocycles. The zero-order valence-corrected chi connectivity index (χ0v) is 16.4. The van der Waals surface area contributed by atoms with Crippen LogP contribution in [0.1, 0.15) is 44.8 Å². The number of halogens is 1. The van der Waals surface area contributed by atoms with Crippen LogP contribution in [0.3, 0.4) is 0 Å². The molecule has 2 aromatic carbocycles. The molecule has 0 aliphatic carbocycles. The minimum Gasteiger partial charge on any atom is -0.338 e. The molecule has 0 bridgehead atoms. The van der Waals surface area contributed by atoms with Gasteiger partial charge < -0.3 is 10.2 Å². The normalized spacial score (nSPS) is 20.2. The molecule has 142 valence electrons. The Hall–Kier alpha value is -2.66. The second-order valence-corrected chi connectivity index (χ2v) is 8.58. The molecule has 2 unspecified atom stereocenters. The quantitative estimate of drug-likeness (QED) is 0.690. The van der Waals surface area contributed by atoms with E-state index in [0.717, 1.165) is 35.5 Å². The summed E-state index contributed by atoms with van der Waals surface area (Å²) in [7, 11) is 0. The Bertz CT molecular complexity index is 1040. The van der Waals surface area contributed by atoms with Crippen LogP contribution in [-0.2, 0) is 19.4 Å². The first-order chi connectivity index (χ1) is 13.6. The molecule has 0 radical (unpaired) electrons. The van der Waals surface area contributed by atoms with Crippen LogP contribution in [-0.4, -0.2) is 12.1 Å². The number of hydrogen-bond donors (Lipinski definition) is 1. The number of nitrogens with one attached hydrogen (secondary N) is 1. The molecule has 0 saturated carbocycles. The van der Waals surface area contributed by atoms with Crippen molar-refractivity contribution in [3.63, 3.8) is 0 Å². The van der Waals surface area contributed by atoms with Crippen LogP contribution in [0.2, 0.25) is 0 Å². The van der Waals surface area contributed by atoms with Gasteiger partial charge in [0.05, 0.1) is 5.56 Å². The number of anilines is 1. The van der Waals surface area contributed by atoms with Crippen molar-refractivity contribution in [1.82, 2.24) is 5.32 Å². The molecule has 1 N–H and O–H groups in total.